The molecule has 0 aliphatic heterocycles. The van der Waals surface area contributed by atoms with Crippen molar-refractivity contribution in [2.24, 2.45) is 0 Å². The highest BCUT2D eigenvalue weighted by atomic mass is 32.1. The molecule has 0 aliphatic carbocycles. The second-order valence-corrected chi connectivity index (χ2v) is 5.77. The van der Waals surface area contributed by atoms with Gasteiger partial charge in [0, 0.05) is 4.88 Å². The summed E-state index contributed by atoms with van der Waals surface area (Å²) >= 11 is 1.79. The third-order valence-corrected chi connectivity index (χ3v) is 4.40. The van der Waals surface area contributed by atoms with Crippen molar-refractivity contribution < 1.29 is 0 Å². The summed E-state index contributed by atoms with van der Waals surface area (Å²) in [4.78, 5) is 5.82. The molecule has 0 radical (unpaired) electrons. The van der Waals surface area contributed by atoms with Crippen LogP contribution in [0.3, 0.4) is 0 Å². The molecular weight excluding hydrogens is 254 g/mol. The van der Waals surface area contributed by atoms with E-state index in [1.54, 1.807) is 11.3 Å². The molecular formula is C15H17N3S. The zero-order valence-electron chi connectivity index (χ0n) is 11.2. The van der Waals surface area contributed by atoms with Crippen LogP contribution in [0.15, 0.2) is 29.6 Å². The first-order valence-electron chi connectivity index (χ1n) is 6.46. The molecule has 0 atom stereocenters. The number of anilines is 1. The summed E-state index contributed by atoms with van der Waals surface area (Å²) in [6.45, 7) is 5.07. The minimum absolute atomic E-state index is 0.594. The van der Waals surface area contributed by atoms with Crippen LogP contribution in [0.25, 0.3) is 11.0 Å². The van der Waals surface area contributed by atoms with Gasteiger partial charge in [0.05, 0.1) is 17.6 Å². The fourth-order valence-electron chi connectivity index (χ4n) is 2.39. The number of benzene rings is 1. The first kappa shape index (κ1) is 12.2. The van der Waals surface area contributed by atoms with Gasteiger partial charge in [-0.3, -0.25) is 0 Å². The molecule has 19 heavy (non-hydrogen) atoms. The van der Waals surface area contributed by atoms with E-state index in [2.05, 4.69) is 53.0 Å². The fourth-order valence-corrected chi connectivity index (χ4v) is 3.35. The Labute approximate surface area is 116 Å². The zero-order valence-corrected chi connectivity index (χ0v) is 12.0. The van der Waals surface area contributed by atoms with E-state index in [9.17, 15) is 0 Å². The van der Waals surface area contributed by atoms with Crippen molar-refractivity contribution in [1.29, 1.82) is 0 Å². The average Bonchev–Trinajstić information content (AvgIpc) is 2.95. The minimum atomic E-state index is 0.594. The van der Waals surface area contributed by atoms with E-state index >= 15 is 0 Å². The SMILES string of the molecule is CCc1ccsc1Cn1c(N)nc2cc(C)ccc21. The lowest BCUT2D eigenvalue weighted by atomic mass is 10.2. The second-order valence-electron chi connectivity index (χ2n) is 4.77. The predicted molar refractivity (Wildman–Crippen MR) is 81.7 cm³/mol. The Bertz CT molecular complexity index is 724. The molecule has 0 bridgehead atoms. The summed E-state index contributed by atoms with van der Waals surface area (Å²) in [5.74, 6) is 0.594. The largest absolute Gasteiger partial charge is 0.369 e. The summed E-state index contributed by atoms with van der Waals surface area (Å²) in [6.07, 6.45) is 1.06. The number of imidazole rings is 1. The number of nitrogens with zero attached hydrogens (tertiary/aromatic N) is 2. The maximum Gasteiger partial charge on any atom is 0.201 e. The fraction of sp³-hybridized carbons (Fsp3) is 0.267. The predicted octanol–water partition coefficient (Wildman–Crippen LogP) is 3.60. The number of hydrogen-bond donors (Lipinski definition) is 1. The van der Waals surface area contributed by atoms with Crippen LogP contribution in [-0.4, -0.2) is 9.55 Å². The molecule has 0 amide bonds. The summed E-state index contributed by atoms with van der Waals surface area (Å²) in [5.41, 5.74) is 10.8. The van der Waals surface area contributed by atoms with Gasteiger partial charge in [-0.15, -0.1) is 11.3 Å². The van der Waals surface area contributed by atoms with E-state index < -0.39 is 0 Å². The van der Waals surface area contributed by atoms with Crippen LogP contribution in [0.4, 0.5) is 5.95 Å². The van der Waals surface area contributed by atoms with Crippen molar-refractivity contribution in [2.75, 3.05) is 5.73 Å². The first-order chi connectivity index (χ1) is 9.19. The molecule has 0 unspecified atom stereocenters. The molecule has 3 nitrogen and oxygen atoms in total. The van der Waals surface area contributed by atoms with Gasteiger partial charge in [0.2, 0.25) is 5.95 Å². The number of rotatable bonds is 3. The Morgan fingerprint density at radius 3 is 2.95 bits per heavy atom. The maximum absolute atomic E-state index is 6.07. The van der Waals surface area contributed by atoms with Crippen LogP contribution in [0, 0.1) is 6.92 Å². The highest BCUT2D eigenvalue weighted by Crippen LogP contribution is 2.24. The number of nitrogens with two attached hydrogens (primary N) is 1. The van der Waals surface area contributed by atoms with Crippen molar-refractivity contribution in [3.8, 4) is 0 Å². The maximum atomic E-state index is 6.07. The molecule has 0 saturated heterocycles. The first-order valence-corrected chi connectivity index (χ1v) is 7.34. The summed E-state index contributed by atoms with van der Waals surface area (Å²) < 4.78 is 2.10. The number of aryl methyl sites for hydroxylation is 2. The lowest BCUT2D eigenvalue weighted by Gasteiger charge is -2.07. The number of nitrogen functional groups attached to an aromatic ring is 1. The molecule has 2 N–H and O–H groups in total. The topological polar surface area (TPSA) is 43.8 Å². The van der Waals surface area contributed by atoms with Crippen LogP contribution in [0.2, 0.25) is 0 Å². The van der Waals surface area contributed by atoms with E-state index in [-0.39, 0.29) is 0 Å². The molecule has 2 aromatic heterocycles. The van der Waals surface area contributed by atoms with Gasteiger partial charge in [-0.05, 0) is 48.1 Å². The summed E-state index contributed by atoms with van der Waals surface area (Å²) in [5, 5.41) is 2.15. The van der Waals surface area contributed by atoms with Gasteiger partial charge in [-0.25, -0.2) is 4.98 Å². The van der Waals surface area contributed by atoms with E-state index in [4.69, 9.17) is 5.73 Å². The van der Waals surface area contributed by atoms with Gasteiger partial charge in [0.25, 0.3) is 0 Å². The van der Waals surface area contributed by atoms with E-state index in [1.807, 2.05) is 0 Å². The molecule has 2 heterocycles. The van der Waals surface area contributed by atoms with E-state index in [0.717, 1.165) is 24.0 Å². The van der Waals surface area contributed by atoms with Gasteiger partial charge < -0.3 is 10.3 Å². The molecule has 0 fully saturated rings. The van der Waals surface area contributed by atoms with Crippen molar-refractivity contribution in [3.63, 3.8) is 0 Å². The van der Waals surface area contributed by atoms with Gasteiger partial charge in [-0.2, -0.15) is 0 Å². The van der Waals surface area contributed by atoms with Crippen LogP contribution < -0.4 is 5.73 Å². The van der Waals surface area contributed by atoms with Gasteiger partial charge >= 0.3 is 0 Å². The molecule has 3 aromatic rings. The molecule has 98 valence electrons. The van der Waals surface area contributed by atoms with Gasteiger partial charge in [0.15, 0.2) is 0 Å². The van der Waals surface area contributed by atoms with Crippen molar-refractivity contribution in [1.82, 2.24) is 9.55 Å². The van der Waals surface area contributed by atoms with E-state index in [1.165, 1.54) is 16.0 Å². The second kappa shape index (κ2) is 4.70. The zero-order chi connectivity index (χ0) is 13.4. The van der Waals surface area contributed by atoms with Gasteiger partial charge in [-0.1, -0.05) is 13.0 Å². The Balaban J connectivity index is 2.08. The Kier molecular flexibility index (Phi) is 3.03. The Hall–Kier alpha value is -1.81. The van der Waals surface area contributed by atoms with Crippen LogP contribution in [0.1, 0.15) is 22.9 Å². The molecule has 0 saturated carbocycles. The standard InChI is InChI=1S/C15H17N3S/c1-3-11-6-7-19-14(11)9-18-13-5-4-10(2)8-12(13)17-15(18)16/h4-8H,3,9H2,1-2H3,(H2,16,17). The number of fused-ring (bicyclic) bond motifs is 1. The molecule has 0 spiro atoms. The van der Waals surface area contributed by atoms with Crippen LogP contribution in [-0.2, 0) is 13.0 Å². The molecule has 4 heteroatoms. The quantitative estimate of drug-likeness (QED) is 0.791. The number of thiophene rings is 1. The molecule has 3 rings (SSSR count). The average molecular weight is 271 g/mol. The lowest BCUT2D eigenvalue weighted by Crippen LogP contribution is -2.04. The van der Waals surface area contributed by atoms with Crippen LogP contribution >= 0.6 is 11.3 Å². The molecule has 0 aliphatic rings. The van der Waals surface area contributed by atoms with Gasteiger partial charge in [0.1, 0.15) is 0 Å². The summed E-state index contributed by atoms with van der Waals surface area (Å²) in [7, 11) is 0. The third-order valence-electron chi connectivity index (χ3n) is 3.45. The lowest BCUT2D eigenvalue weighted by molar-refractivity contribution is 0.841. The van der Waals surface area contributed by atoms with Crippen molar-refractivity contribution >= 4 is 28.3 Å². The highest BCUT2D eigenvalue weighted by Gasteiger charge is 2.11. The van der Waals surface area contributed by atoms with Crippen molar-refractivity contribution in [3.05, 3.63) is 45.6 Å². The van der Waals surface area contributed by atoms with Crippen molar-refractivity contribution in [2.45, 2.75) is 26.8 Å². The summed E-state index contributed by atoms with van der Waals surface area (Å²) in [6, 6.07) is 8.49. The number of hydrogen-bond acceptors (Lipinski definition) is 3. The monoisotopic (exact) mass is 271 g/mol. The Morgan fingerprint density at radius 1 is 1.32 bits per heavy atom. The minimum Gasteiger partial charge on any atom is -0.369 e. The highest BCUT2D eigenvalue weighted by molar-refractivity contribution is 7.10. The Morgan fingerprint density at radius 2 is 2.16 bits per heavy atom. The normalized spacial score (nSPS) is 11.3. The third kappa shape index (κ3) is 2.12. The van der Waals surface area contributed by atoms with E-state index in [0.29, 0.717) is 5.95 Å². The molecule has 1 aromatic carbocycles. The smallest absolute Gasteiger partial charge is 0.201 e. The number of aromatic nitrogens is 2. The van der Waals surface area contributed by atoms with Crippen LogP contribution in [0.5, 0.6) is 0 Å².